The number of aromatic nitrogens is 1. The van der Waals surface area contributed by atoms with Crippen molar-refractivity contribution in [3.8, 4) is 0 Å². The van der Waals surface area contributed by atoms with Crippen molar-refractivity contribution in [2.24, 2.45) is 0 Å². The van der Waals surface area contributed by atoms with E-state index in [1.807, 2.05) is 24.0 Å². The maximum Gasteiger partial charge on any atom is 0.223 e. The maximum absolute atomic E-state index is 11.7. The third kappa shape index (κ3) is 4.00. The van der Waals surface area contributed by atoms with Crippen LogP contribution in [0.3, 0.4) is 0 Å². The van der Waals surface area contributed by atoms with Gasteiger partial charge in [0.05, 0.1) is 0 Å². The SMILES string of the molecule is CCN(Cc1ccncc1)C(=O)CCBr. The fourth-order valence-corrected chi connectivity index (χ4v) is 1.66. The highest BCUT2D eigenvalue weighted by Crippen LogP contribution is 2.05. The minimum Gasteiger partial charge on any atom is -0.339 e. The van der Waals surface area contributed by atoms with Gasteiger partial charge >= 0.3 is 0 Å². The topological polar surface area (TPSA) is 33.2 Å². The number of carbonyl (C=O) groups excluding carboxylic acids is 1. The molecule has 0 saturated carbocycles. The van der Waals surface area contributed by atoms with E-state index >= 15 is 0 Å². The second-order valence-corrected chi connectivity index (χ2v) is 4.00. The van der Waals surface area contributed by atoms with E-state index in [4.69, 9.17) is 0 Å². The van der Waals surface area contributed by atoms with Crippen molar-refractivity contribution in [3.05, 3.63) is 30.1 Å². The molecule has 3 nitrogen and oxygen atoms in total. The summed E-state index contributed by atoms with van der Waals surface area (Å²) in [6.07, 6.45) is 4.05. The Morgan fingerprint density at radius 3 is 2.67 bits per heavy atom. The molecule has 0 radical (unpaired) electrons. The number of carbonyl (C=O) groups is 1. The number of alkyl halides is 1. The molecule has 0 unspecified atom stereocenters. The molecule has 4 heteroatoms. The van der Waals surface area contributed by atoms with Crippen molar-refractivity contribution >= 4 is 21.8 Å². The standard InChI is InChI=1S/C11H15BrN2O/c1-2-14(11(15)3-6-12)9-10-4-7-13-8-5-10/h4-5,7-8H,2-3,6,9H2,1H3. The number of rotatable bonds is 5. The molecule has 0 saturated heterocycles. The van der Waals surface area contributed by atoms with Gasteiger partial charge in [0.15, 0.2) is 0 Å². The molecule has 82 valence electrons. The number of halogens is 1. The van der Waals surface area contributed by atoms with Crippen LogP contribution >= 0.6 is 15.9 Å². The Morgan fingerprint density at radius 1 is 1.47 bits per heavy atom. The van der Waals surface area contributed by atoms with Crippen LogP contribution in [-0.4, -0.2) is 27.7 Å². The largest absolute Gasteiger partial charge is 0.339 e. The Morgan fingerprint density at radius 2 is 2.13 bits per heavy atom. The van der Waals surface area contributed by atoms with E-state index in [0.717, 1.165) is 17.4 Å². The van der Waals surface area contributed by atoms with Crippen molar-refractivity contribution in [1.29, 1.82) is 0 Å². The molecule has 1 amide bonds. The molecule has 1 heterocycles. The van der Waals surface area contributed by atoms with Crippen LogP contribution < -0.4 is 0 Å². The Balaban J connectivity index is 2.58. The highest BCUT2D eigenvalue weighted by atomic mass is 79.9. The van der Waals surface area contributed by atoms with Crippen LogP contribution in [0.5, 0.6) is 0 Å². The van der Waals surface area contributed by atoms with Crippen molar-refractivity contribution in [1.82, 2.24) is 9.88 Å². The predicted octanol–water partition coefficient (Wildman–Crippen LogP) is 2.22. The first-order chi connectivity index (χ1) is 7.27. The summed E-state index contributed by atoms with van der Waals surface area (Å²) >= 11 is 3.28. The summed E-state index contributed by atoms with van der Waals surface area (Å²) in [7, 11) is 0. The van der Waals surface area contributed by atoms with Gasteiger partial charge in [-0.3, -0.25) is 9.78 Å². The van der Waals surface area contributed by atoms with Crippen LogP contribution in [0.25, 0.3) is 0 Å². The average molecular weight is 271 g/mol. The van der Waals surface area contributed by atoms with Crippen LogP contribution in [-0.2, 0) is 11.3 Å². The second-order valence-electron chi connectivity index (χ2n) is 3.20. The van der Waals surface area contributed by atoms with Gasteiger partial charge in [0.1, 0.15) is 0 Å². The maximum atomic E-state index is 11.7. The van der Waals surface area contributed by atoms with E-state index in [1.54, 1.807) is 12.4 Å². The van der Waals surface area contributed by atoms with Crippen molar-refractivity contribution in [2.75, 3.05) is 11.9 Å². The fraction of sp³-hybridized carbons (Fsp3) is 0.455. The van der Waals surface area contributed by atoms with E-state index in [9.17, 15) is 4.79 Å². The molecule has 0 aromatic carbocycles. The third-order valence-corrected chi connectivity index (χ3v) is 2.56. The highest BCUT2D eigenvalue weighted by Gasteiger charge is 2.10. The summed E-state index contributed by atoms with van der Waals surface area (Å²) in [4.78, 5) is 17.5. The zero-order valence-corrected chi connectivity index (χ0v) is 10.4. The molecule has 1 rings (SSSR count). The molecule has 0 atom stereocenters. The summed E-state index contributed by atoms with van der Waals surface area (Å²) in [5.74, 6) is 0.186. The second kappa shape index (κ2) is 6.56. The van der Waals surface area contributed by atoms with Crippen molar-refractivity contribution < 1.29 is 4.79 Å². The Labute approximate surface area is 98.6 Å². The fourth-order valence-electron chi connectivity index (χ4n) is 1.32. The van der Waals surface area contributed by atoms with Crippen LogP contribution in [0.2, 0.25) is 0 Å². The van der Waals surface area contributed by atoms with Gasteiger partial charge < -0.3 is 4.90 Å². The van der Waals surface area contributed by atoms with Gasteiger partial charge in [-0.15, -0.1) is 0 Å². The zero-order valence-electron chi connectivity index (χ0n) is 8.82. The molecule has 0 fully saturated rings. The minimum atomic E-state index is 0.186. The number of nitrogens with zero attached hydrogens (tertiary/aromatic N) is 2. The van der Waals surface area contributed by atoms with Crippen molar-refractivity contribution in [3.63, 3.8) is 0 Å². The molecule has 1 aromatic heterocycles. The van der Waals surface area contributed by atoms with Crippen LogP contribution in [0.15, 0.2) is 24.5 Å². The van der Waals surface area contributed by atoms with Gasteiger partial charge in [-0.05, 0) is 24.6 Å². The van der Waals surface area contributed by atoms with Crippen LogP contribution in [0.1, 0.15) is 18.9 Å². The van der Waals surface area contributed by atoms with E-state index in [1.165, 1.54) is 0 Å². The molecule has 0 aliphatic rings. The summed E-state index contributed by atoms with van der Waals surface area (Å²) in [5.41, 5.74) is 1.12. The third-order valence-electron chi connectivity index (χ3n) is 2.17. The summed E-state index contributed by atoms with van der Waals surface area (Å²) in [6, 6.07) is 3.87. The van der Waals surface area contributed by atoms with Crippen molar-refractivity contribution in [2.45, 2.75) is 19.9 Å². The Hall–Kier alpha value is -0.900. The lowest BCUT2D eigenvalue weighted by atomic mass is 10.2. The smallest absolute Gasteiger partial charge is 0.223 e. The Bertz CT molecular complexity index is 303. The van der Waals surface area contributed by atoms with Crippen LogP contribution in [0.4, 0.5) is 0 Å². The molecule has 15 heavy (non-hydrogen) atoms. The molecule has 0 bridgehead atoms. The van der Waals surface area contributed by atoms with Gasteiger partial charge in [-0.25, -0.2) is 0 Å². The summed E-state index contributed by atoms with van der Waals surface area (Å²) in [6.45, 7) is 3.41. The Kier molecular flexibility index (Phi) is 5.32. The number of amides is 1. The summed E-state index contributed by atoms with van der Waals surface area (Å²) in [5, 5.41) is 0.721. The van der Waals surface area contributed by atoms with E-state index in [2.05, 4.69) is 20.9 Å². The monoisotopic (exact) mass is 270 g/mol. The van der Waals surface area contributed by atoms with Crippen LogP contribution in [0, 0.1) is 0 Å². The highest BCUT2D eigenvalue weighted by molar-refractivity contribution is 9.09. The molecular formula is C11H15BrN2O. The molecule has 0 N–H and O–H groups in total. The average Bonchev–Trinajstić information content (AvgIpc) is 2.27. The quantitative estimate of drug-likeness (QED) is 0.769. The van der Waals surface area contributed by atoms with E-state index < -0.39 is 0 Å². The molecule has 0 spiro atoms. The molecular weight excluding hydrogens is 256 g/mol. The van der Waals surface area contributed by atoms with Gasteiger partial charge in [-0.2, -0.15) is 0 Å². The first-order valence-corrected chi connectivity index (χ1v) is 6.12. The normalized spacial score (nSPS) is 10.0. The summed E-state index contributed by atoms with van der Waals surface area (Å²) < 4.78 is 0. The number of hydrogen-bond acceptors (Lipinski definition) is 2. The lowest BCUT2D eigenvalue weighted by Gasteiger charge is -2.20. The molecule has 0 aliphatic carbocycles. The zero-order chi connectivity index (χ0) is 11.1. The van der Waals surface area contributed by atoms with Gasteiger partial charge in [-0.1, -0.05) is 15.9 Å². The molecule has 1 aromatic rings. The first kappa shape index (κ1) is 12.2. The van der Waals surface area contributed by atoms with Gasteiger partial charge in [0.25, 0.3) is 0 Å². The van der Waals surface area contributed by atoms with Gasteiger partial charge in [0, 0.05) is 37.2 Å². The lowest BCUT2D eigenvalue weighted by molar-refractivity contribution is -0.131. The first-order valence-electron chi connectivity index (χ1n) is 5.00. The minimum absolute atomic E-state index is 0.186. The van der Waals surface area contributed by atoms with E-state index in [-0.39, 0.29) is 5.91 Å². The molecule has 0 aliphatic heterocycles. The number of hydrogen-bond donors (Lipinski definition) is 0. The number of pyridine rings is 1. The van der Waals surface area contributed by atoms with Gasteiger partial charge in [0.2, 0.25) is 5.91 Å². The van der Waals surface area contributed by atoms with E-state index in [0.29, 0.717) is 13.0 Å². The predicted molar refractivity (Wildman–Crippen MR) is 63.7 cm³/mol. The lowest BCUT2D eigenvalue weighted by Crippen LogP contribution is -2.30.